The van der Waals surface area contributed by atoms with Crippen LogP contribution in [-0.4, -0.2) is 18.0 Å². The van der Waals surface area contributed by atoms with Gasteiger partial charge in [-0.2, -0.15) is 0 Å². The molecule has 4 nitrogen and oxygen atoms in total. The molecule has 1 fully saturated rings. The summed E-state index contributed by atoms with van der Waals surface area (Å²) in [7, 11) is 1.41. The number of rotatable bonds is 7. The lowest BCUT2D eigenvalue weighted by molar-refractivity contribution is 0.0950. The van der Waals surface area contributed by atoms with Crippen molar-refractivity contribution < 1.29 is 18.7 Å². The van der Waals surface area contributed by atoms with Crippen molar-refractivity contribution in [2.24, 2.45) is 5.92 Å². The molecule has 1 N–H and O–H groups in total. The van der Waals surface area contributed by atoms with Crippen LogP contribution in [0, 0.1) is 11.7 Å². The zero-order chi connectivity index (χ0) is 17.8. The number of amides is 1. The number of carbonyl (C=O) groups excluding carboxylic acids is 1. The monoisotopic (exact) mass is 407 g/mol. The fraction of sp³-hybridized carbons (Fsp3) is 0.316. The Morgan fingerprint density at radius 3 is 2.80 bits per heavy atom. The molecule has 2 aromatic carbocycles. The van der Waals surface area contributed by atoms with Crippen LogP contribution in [0.5, 0.6) is 11.5 Å². The highest BCUT2D eigenvalue weighted by Gasteiger charge is 2.31. The van der Waals surface area contributed by atoms with Crippen LogP contribution in [-0.2, 0) is 6.54 Å². The molecule has 2 aromatic rings. The van der Waals surface area contributed by atoms with E-state index in [4.69, 9.17) is 9.47 Å². The first-order valence-corrected chi connectivity index (χ1v) is 9.00. The number of hydrogen-bond acceptors (Lipinski definition) is 3. The molecule has 0 bridgehead atoms. The molecule has 1 saturated carbocycles. The van der Waals surface area contributed by atoms with Crippen molar-refractivity contribution in [3.05, 3.63) is 59.4 Å². The molecule has 25 heavy (non-hydrogen) atoms. The molecule has 0 aliphatic heterocycles. The van der Waals surface area contributed by atoms with Crippen LogP contribution in [0.4, 0.5) is 4.39 Å². The predicted molar refractivity (Wildman–Crippen MR) is 96.6 cm³/mol. The van der Waals surface area contributed by atoms with Crippen molar-refractivity contribution in [2.75, 3.05) is 7.11 Å². The number of alkyl halides is 1. The highest BCUT2D eigenvalue weighted by atomic mass is 79.9. The van der Waals surface area contributed by atoms with Crippen molar-refractivity contribution >= 4 is 21.8 Å². The van der Waals surface area contributed by atoms with Gasteiger partial charge in [-0.05, 0) is 64.7 Å². The van der Waals surface area contributed by atoms with Gasteiger partial charge in [-0.15, -0.1) is 0 Å². The summed E-state index contributed by atoms with van der Waals surface area (Å²) in [6, 6.07) is 11.6. The molecule has 132 valence electrons. The number of carbonyl (C=O) groups is 1. The largest absolute Gasteiger partial charge is 0.494 e. The summed E-state index contributed by atoms with van der Waals surface area (Å²) in [5.41, 5.74) is 1.16. The third-order valence-corrected chi connectivity index (χ3v) is 4.94. The normalized spacial score (nSPS) is 14.7. The quantitative estimate of drug-likeness (QED) is 0.696. The molecule has 0 spiro atoms. The molecule has 0 radical (unpaired) electrons. The maximum Gasteiger partial charge on any atom is 0.251 e. The fourth-order valence-electron chi connectivity index (χ4n) is 2.40. The van der Waals surface area contributed by atoms with E-state index in [1.54, 1.807) is 30.3 Å². The number of hydrogen-bond donors (Lipinski definition) is 1. The SMILES string of the molecule is COc1ccc(CNC(=O)c2cccc(O[C@H](Br)C3CC3)c2)cc1F. The standard InChI is InChI=1S/C19H19BrFNO3/c1-24-17-8-5-12(9-16(17)21)11-22-19(23)14-3-2-4-15(10-14)25-18(20)13-6-7-13/h2-5,8-10,13,18H,6-7,11H2,1H3,(H,22,23)/t18-/m0/s1. The van der Waals surface area contributed by atoms with Gasteiger partial charge in [0.2, 0.25) is 0 Å². The molecule has 0 aromatic heterocycles. The summed E-state index contributed by atoms with van der Waals surface area (Å²) >= 11 is 3.51. The number of halogens is 2. The number of ether oxygens (including phenoxy) is 2. The van der Waals surface area contributed by atoms with Crippen molar-refractivity contribution in [3.63, 3.8) is 0 Å². The van der Waals surface area contributed by atoms with Gasteiger partial charge in [0.1, 0.15) is 5.75 Å². The number of nitrogens with one attached hydrogen (secondary N) is 1. The minimum atomic E-state index is -0.451. The van der Waals surface area contributed by atoms with Crippen molar-refractivity contribution in [2.45, 2.75) is 24.4 Å². The molecule has 6 heteroatoms. The molecule has 3 rings (SSSR count). The second-order valence-electron chi connectivity index (χ2n) is 5.99. The smallest absolute Gasteiger partial charge is 0.251 e. The van der Waals surface area contributed by atoms with Gasteiger partial charge in [0, 0.05) is 18.0 Å². The first-order valence-electron chi connectivity index (χ1n) is 8.08. The van der Waals surface area contributed by atoms with Gasteiger partial charge in [0.05, 0.1) is 7.11 Å². The first kappa shape index (κ1) is 17.7. The maximum atomic E-state index is 13.7. The minimum Gasteiger partial charge on any atom is -0.494 e. The van der Waals surface area contributed by atoms with Crippen LogP contribution >= 0.6 is 15.9 Å². The average Bonchev–Trinajstić information content (AvgIpc) is 3.45. The summed E-state index contributed by atoms with van der Waals surface area (Å²) < 4.78 is 24.4. The molecular weight excluding hydrogens is 389 g/mol. The third kappa shape index (κ3) is 4.72. The Hall–Kier alpha value is -2.08. The Labute approximate surface area is 154 Å². The minimum absolute atomic E-state index is 0.0203. The Morgan fingerprint density at radius 1 is 1.32 bits per heavy atom. The van der Waals surface area contributed by atoms with E-state index in [1.807, 2.05) is 6.07 Å². The maximum absolute atomic E-state index is 13.7. The van der Waals surface area contributed by atoms with Gasteiger partial charge in [-0.3, -0.25) is 4.79 Å². The Balaban J connectivity index is 1.60. The third-order valence-electron chi connectivity index (χ3n) is 4.01. The molecule has 1 amide bonds. The summed E-state index contributed by atoms with van der Waals surface area (Å²) in [6.45, 7) is 0.230. The first-order chi connectivity index (χ1) is 12.1. The second kappa shape index (κ2) is 7.87. The van der Waals surface area contributed by atoms with E-state index in [9.17, 15) is 9.18 Å². The van der Waals surface area contributed by atoms with Crippen LogP contribution in [0.3, 0.4) is 0 Å². The molecular formula is C19H19BrFNO3. The second-order valence-corrected chi connectivity index (χ2v) is 6.89. The van der Waals surface area contributed by atoms with Crippen LogP contribution in [0.25, 0.3) is 0 Å². The lowest BCUT2D eigenvalue weighted by Crippen LogP contribution is -2.23. The van der Waals surface area contributed by atoms with Crippen LogP contribution in [0.2, 0.25) is 0 Å². The Bertz CT molecular complexity index is 764. The van der Waals surface area contributed by atoms with Gasteiger partial charge >= 0.3 is 0 Å². The Kier molecular flexibility index (Phi) is 5.58. The van der Waals surface area contributed by atoms with Crippen LogP contribution in [0.1, 0.15) is 28.8 Å². The topological polar surface area (TPSA) is 47.6 Å². The van der Waals surface area contributed by atoms with E-state index < -0.39 is 5.82 Å². The average molecular weight is 408 g/mol. The van der Waals surface area contributed by atoms with E-state index in [0.717, 1.165) is 12.8 Å². The number of methoxy groups -OCH3 is 1. The van der Waals surface area contributed by atoms with Crippen molar-refractivity contribution in [1.29, 1.82) is 0 Å². The Morgan fingerprint density at radius 2 is 2.12 bits per heavy atom. The zero-order valence-corrected chi connectivity index (χ0v) is 15.4. The molecule has 1 atom stereocenters. The lowest BCUT2D eigenvalue weighted by Gasteiger charge is -2.13. The molecule has 1 aliphatic carbocycles. The van der Waals surface area contributed by atoms with Crippen molar-refractivity contribution in [3.8, 4) is 11.5 Å². The van der Waals surface area contributed by atoms with Crippen molar-refractivity contribution in [1.82, 2.24) is 5.32 Å². The van der Waals surface area contributed by atoms with Gasteiger partial charge in [-0.1, -0.05) is 12.1 Å². The summed E-state index contributed by atoms with van der Waals surface area (Å²) in [5, 5.41) is 2.76. The molecule has 0 unspecified atom stereocenters. The van der Waals surface area contributed by atoms with Crippen LogP contribution < -0.4 is 14.8 Å². The highest BCUT2D eigenvalue weighted by molar-refractivity contribution is 9.09. The van der Waals surface area contributed by atoms with Gasteiger partial charge < -0.3 is 14.8 Å². The van der Waals surface area contributed by atoms with Crippen LogP contribution in [0.15, 0.2) is 42.5 Å². The van der Waals surface area contributed by atoms with Gasteiger partial charge in [0.15, 0.2) is 16.6 Å². The lowest BCUT2D eigenvalue weighted by atomic mass is 10.1. The summed E-state index contributed by atoms with van der Waals surface area (Å²) in [4.78, 5) is 12.3. The fourth-order valence-corrected chi connectivity index (χ4v) is 3.14. The highest BCUT2D eigenvalue weighted by Crippen LogP contribution is 2.37. The summed E-state index contributed by atoms with van der Waals surface area (Å²) in [6.07, 6.45) is 2.32. The summed E-state index contributed by atoms with van der Waals surface area (Å²) in [5.74, 6) is 0.687. The molecule has 1 aliphatic rings. The van der Waals surface area contributed by atoms with E-state index >= 15 is 0 Å². The van der Waals surface area contributed by atoms with E-state index in [0.29, 0.717) is 22.8 Å². The molecule has 0 saturated heterocycles. The van der Waals surface area contributed by atoms with E-state index in [2.05, 4.69) is 21.2 Å². The van der Waals surface area contributed by atoms with E-state index in [-0.39, 0.29) is 23.2 Å². The number of benzene rings is 2. The molecule has 0 heterocycles. The van der Waals surface area contributed by atoms with Gasteiger partial charge in [-0.25, -0.2) is 4.39 Å². The predicted octanol–water partition coefficient (Wildman–Crippen LogP) is 4.27. The van der Waals surface area contributed by atoms with Gasteiger partial charge in [0.25, 0.3) is 5.91 Å². The van der Waals surface area contributed by atoms with E-state index in [1.165, 1.54) is 13.2 Å². The zero-order valence-electron chi connectivity index (χ0n) is 13.8.